The SMILES string of the molecule is N#C[C@@H]1CC(F)(F)CN1C(=O)CNC(=O)c1ccnc2ccc(OCCCN3CCN(C(=O)c4ccc([At])cc4)CC3)cc12. The van der Waals surface area contributed by atoms with E-state index < -0.39 is 43.3 Å². The van der Waals surface area contributed by atoms with Crippen molar-refractivity contribution in [1.29, 1.82) is 5.26 Å². The third-order valence-electron chi connectivity index (χ3n) is 7.74. The average molecular weight is 800 g/mol. The number of aromatic nitrogens is 1. The summed E-state index contributed by atoms with van der Waals surface area (Å²) in [7, 11) is 0. The molecule has 2 aliphatic heterocycles. The number of fused-ring (bicyclic) bond motifs is 1. The fraction of sp³-hybridized carbons (Fsp3) is 0.387. The number of nitrogens with one attached hydrogen (secondary N) is 1. The Morgan fingerprint density at radius 3 is 2.57 bits per heavy atom. The number of halogens is 2. The fourth-order valence-corrected chi connectivity index (χ4v) is 5.88. The Morgan fingerprint density at radius 2 is 1.84 bits per heavy atom. The number of hydrogen-bond donors (Lipinski definition) is 1. The van der Waals surface area contributed by atoms with Crippen LogP contribution in [0.2, 0.25) is 0 Å². The molecule has 44 heavy (non-hydrogen) atoms. The van der Waals surface area contributed by atoms with E-state index in [4.69, 9.17) is 10.00 Å². The van der Waals surface area contributed by atoms with Gasteiger partial charge in [0.15, 0.2) is 0 Å². The van der Waals surface area contributed by atoms with E-state index >= 15 is 0 Å². The number of nitrogens with zero attached hydrogens (tertiary/aromatic N) is 5. The van der Waals surface area contributed by atoms with Gasteiger partial charge in [0, 0.05) is 18.0 Å². The van der Waals surface area contributed by atoms with E-state index in [1.807, 2.05) is 29.2 Å². The molecule has 2 fully saturated rings. The topological polar surface area (TPSA) is 119 Å². The number of piperazine rings is 1. The number of carbonyl (C=O) groups excluding carboxylic acids is 3. The minimum absolute atomic E-state index is 0.0639. The number of hydrogen-bond acceptors (Lipinski definition) is 7. The van der Waals surface area contributed by atoms with Crippen molar-refractivity contribution in [2.24, 2.45) is 0 Å². The van der Waals surface area contributed by atoms with E-state index in [0.717, 1.165) is 36.5 Å². The van der Waals surface area contributed by atoms with Crippen LogP contribution in [0.5, 0.6) is 5.75 Å². The van der Waals surface area contributed by atoms with E-state index in [0.29, 0.717) is 36.3 Å². The maximum atomic E-state index is 13.7. The van der Waals surface area contributed by atoms with Crippen LogP contribution in [0.3, 0.4) is 0 Å². The summed E-state index contributed by atoms with van der Waals surface area (Å²) in [4.78, 5) is 47.5. The number of carbonyl (C=O) groups is 3. The Balaban J connectivity index is 1.10. The van der Waals surface area contributed by atoms with Gasteiger partial charge < -0.3 is 15.0 Å². The van der Waals surface area contributed by atoms with E-state index in [9.17, 15) is 23.2 Å². The third kappa shape index (κ3) is 7.66. The van der Waals surface area contributed by atoms with Crippen molar-refractivity contribution in [2.45, 2.75) is 24.8 Å². The van der Waals surface area contributed by atoms with Gasteiger partial charge in [-0.15, -0.1) is 0 Å². The van der Waals surface area contributed by atoms with Crippen LogP contribution in [0.15, 0.2) is 54.7 Å². The van der Waals surface area contributed by atoms with Gasteiger partial charge in [-0.3, -0.25) is 14.6 Å². The zero-order valence-corrected chi connectivity index (χ0v) is 26.8. The van der Waals surface area contributed by atoms with Crippen LogP contribution in [0, 0.1) is 36.1 Å². The average Bonchev–Trinajstić information content (AvgIpc) is 3.36. The van der Waals surface area contributed by atoms with Crippen molar-refractivity contribution < 1.29 is 52.6 Å². The Labute approximate surface area is 268 Å². The van der Waals surface area contributed by atoms with Crippen LogP contribution in [-0.4, -0.2) is 102 Å². The molecule has 2 aromatic carbocycles. The largest absolute Gasteiger partial charge is 0.0166 e. The van der Waals surface area contributed by atoms with Crippen molar-refractivity contribution >= 4 is 31.9 Å². The standard InChI is InChI=1S/C31H31AtF2N6O4/c32-22-4-2-21(3-5-22)30(43)39-13-11-38(12-14-39)10-1-15-44-24-6-7-27-26(16-24)25(8-9-36-27)29(42)37-19-28(41)40-20-31(33,34)17-23(40)18-35/h2-9,16,23H,1,10-15,17,19-20H2,(H,37,42)/t23-/m0/s1. The number of likely N-dealkylation sites (tertiary alicyclic amines) is 1. The zero-order chi connectivity index (χ0) is 31.3. The predicted molar refractivity (Wildman–Crippen MR) is 153 cm³/mol. The van der Waals surface area contributed by atoms with Crippen molar-refractivity contribution in [2.75, 3.05) is 52.4 Å². The molecule has 0 bridgehead atoms. The summed E-state index contributed by atoms with van der Waals surface area (Å²) in [6.45, 7) is 2.85. The smallest absolute Gasteiger partial charge is 0.00973 e. The maximum absolute atomic E-state index is 13.7. The summed E-state index contributed by atoms with van der Waals surface area (Å²) in [6.07, 6.45) is 1.53. The molecule has 5 rings (SSSR count). The molecule has 10 nitrogen and oxygen atoms in total. The number of pyridine rings is 1. The van der Waals surface area contributed by atoms with Gasteiger partial charge in [-0.2, -0.15) is 5.26 Å². The molecule has 0 unspecified atom stereocenters. The quantitative estimate of drug-likeness (QED) is 0.330. The van der Waals surface area contributed by atoms with Crippen molar-refractivity contribution in [3.8, 4) is 11.8 Å². The molecule has 2 saturated heterocycles. The van der Waals surface area contributed by atoms with E-state index in [1.165, 1.54) is 15.5 Å². The van der Waals surface area contributed by atoms with E-state index in [2.05, 4.69) is 15.2 Å². The van der Waals surface area contributed by atoms with Gasteiger partial charge in [-0.05, 0) is 24.3 Å². The molecule has 3 amide bonds. The first-order valence-corrected chi connectivity index (χ1v) is 15.7. The fourth-order valence-electron chi connectivity index (χ4n) is 5.39. The van der Waals surface area contributed by atoms with Crippen LogP contribution < -0.4 is 13.3 Å². The number of rotatable bonds is 9. The minimum atomic E-state index is -3.13. The minimum Gasteiger partial charge on any atom is -0.00973 e. The number of amides is 3. The van der Waals surface area contributed by atoms with Gasteiger partial charge in [0.1, 0.15) is 11.8 Å². The monoisotopic (exact) mass is 799 g/mol. The van der Waals surface area contributed by atoms with Gasteiger partial charge in [0.2, 0.25) is 5.91 Å². The van der Waals surface area contributed by atoms with Crippen LogP contribution >= 0.6 is 0 Å². The molecule has 3 heterocycles. The maximum Gasteiger partial charge on any atom is 0.0166 e. The number of benzene rings is 2. The second-order valence-corrected chi connectivity index (χ2v) is 12.5. The van der Waals surface area contributed by atoms with Crippen LogP contribution in [0.4, 0.5) is 8.78 Å². The second kappa shape index (κ2) is 13.9. The first kappa shape index (κ1) is 31.7. The van der Waals surface area contributed by atoms with Crippen molar-refractivity contribution in [1.82, 2.24) is 25.0 Å². The summed E-state index contributed by atoms with van der Waals surface area (Å²) < 4.78 is 34.6. The Hall–Kier alpha value is -3.75. The van der Waals surface area contributed by atoms with E-state index in [1.54, 1.807) is 49.0 Å². The van der Waals surface area contributed by atoms with Gasteiger partial charge >= 0.3 is 124 Å². The molecule has 13 heteroatoms. The molecule has 0 spiro atoms. The normalized spacial score (nSPS) is 18.2. The van der Waals surface area contributed by atoms with Crippen LogP contribution in [0.1, 0.15) is 33.6 Å². The molecular formula is C31H31AtF2N6O4. The molecule has 0 aliphatic carbocycles. The van der Waals surface area contributed by atoms with Gasteiger partial charge in [-0.1, -0.05) is 0 Å². The van der Waals surface area contributed by atoms with Gasteiger partial charge in [0.25, 0.3) is 11.8 Å². The molecule has 1 atom stereocenters. The molecule has 2 aliphatic rings. The number of nitriles is 1. The van der Waals surface area contributed by atoms with Crippen molar-refractivity contribution in [3.05, 3.63) is 65.9 Å². The van der Waals surface area contributed by atoms with Crippen LogP contribution in [0.25, 0.3) is 10.9 Å². The molecular weight excluding hydrogens is 768 g/mol. The Morgan fingerprint density at radius 1 is 1.09 bits per heavy atom. The van der Waals surface area contributed by atoms with Gasteiger partial charge in [0.05, 0.1) is 30.2 Å². The second-order valence-electron chi connectivity index (χ2n) is 10.8. The predicted octanol–water partition coefficient (Wildman–Crippen LogP) is 2.13. The summed E-state index contributed by atoms with van der Waals surface area (Å²) in [5.41, 5.74) is 1.53. The summed E-state index contributed by atoms with van der Waals surface area (Å²) >= 11 is 1.58. The van der Waals surface area contributed by atoms with Crippen molar-refractivity contribution in [3.63, 3.8) is 0 Å². The first-order chi connectivity index (χ1) is 21.1. The molecule has 0 saturated carbocycles. The van der Waals surface area contributed by atoms with E-state index in [-0.39, 0.29) is 11.5 Å². The first-order valence-electron chi connectivity index (χ1n) is 14.3. The molecule has 3 aromatic rings. The third-order valence-corrected chi connectivity index (χ3v) is 8.71. The number of alkyl halides is 2. The molecule has 0 radical (unpaired) electrons. The number of ether oxygens (including phenoxy) is 1. The summed E-state index contributed by atoms with van der Waals surface area (Å²) in [5.74, 6) is -3.82. The van der Waals surface area contributed by atoms with Crippen LogP contribution in [-0.2, 0) is 4.79 Å². The summed E-state index contributed by atoms with van der Waals surface area (Å²) in [5, 5.41) is 12.1. The Kier molecular flexibility index (Phi) is 10.0. The molecule has 1 aromatic heterocycles. The summed E-state index contributed by atoms with van der Waals surface area (Å²) in [6, 6.07) is 14.9. The molecule has 230 valence electrons. The zero-order valence-electron chi connectivity index (χ0n) is 23.8. The van der Waals surface area contributed by atoms with Gasteiger partial charge in [-0.25, -0.2) is 8.78 Å². The molecule has 1 N–H and O–H groups in total. The Bertz CT molecular complexity index is 1570.